The Morgan fingerprint density at radius 1 is 1.03 bits per heavy atom. The molecule has 1 N–H and O–H groups in total. The number of nitrogens with zero attached hydrogens (tertiary/aromatic N) is 2. The maximum atomic E-state index is 13.7. The molecule has 2 aromatic rings. The Morgan fingerprint density at radius 3 is 2.28 bits per heavy atom. The number of carbonyl (C=O) groups is 2. The second-order valence-electron chi connectivity index (χ2n) is 8.38. The Labute approximate surface area is 214 Å². The molecule has 10 heteroatoms. The van der Waals surface area contributed by atoms with E-state index in [0.29, 0.717) is 18.7 Å². The van der Waals surface area contributed by atoms with Crippen molar-refractivity contribution in [3.8, 4) is 11.5 Å². The van der Waals surface area contributed by atoms with Gasteiger partial charge in [0.25, 0.3) is 0 Å². The smallest absolute Gasteiger partial charge is 0.244 e. The van der Waals surface area contributed by atoms with Crippen molar-refractivity contribution in [3.05, 3.63) is 54.1 Å². The Kier molecular flexibility index (Phi) is 11.0. The fraction of sp³-hybridized carbons (Fsp3) is 0.462. The Morgan fingerprint density at radius 2 is 1.72 bits per heavy atom. The number of carbonyl (C=O) groups excluding carboxylic acids is 2. The summed E-state index contributed by atoms with van der Waals surface area (Å²) in [6.07, 6.45) is 3.16. The molecule has 9 nitrogen and oxygen atoms in total. The molecular weight excluding hydrogens is 482 g/mol. The third kappa shape index (κ3) is 7.87. The fourth-order valence-corrected chi connectivity index (χ4v) is 4.64. The summed E-state index contributed by atoms with van der Waals surface area (Å²) in [5.41, 5.74) is 1.04. The summed E-state index contributed by atoms with van der Waals surface area (Å²) in [7, 11) is -0.974. The fourth-order valence-electron chi connectivity index (χ4n) is 3.79. The van der Waals surface area contributed by atoms with Crippen LogP contribution in [0.25, 0.3) is 0 Å². The van der Waals surface area contributed by atoms with Crippen LogP contribution < -0.4 is 19.1 Å². The molecule has 0 bridgehead atoms. The molecule has 0 aromatic heterocycles. The largest absolute Gasteiger partial charge is 0.497 e. The number of hydrogen-bond donors (Lipinski definition) is 1. The summed E-state index contributed by atoms with van der Waals surface area (Å²) in [4.78, 5) is 28.2. The van der Waals surface area contributed by atoms with E-state index in [1.54, 1.807) is 12.1 Å². The molecule has 0 heterocycles. The average Bonchev–Trinajstić information content (AvgIpc) is 2.86. The SMILES string of the molecule is CCCCNC(=O)[C@H](CC)N(Cc1ccccc1)C(=O)CN(c1ccc(OC)cc1OC)S(C)(=O)=O. The molecule has 0 unspecified atom stereocenters. The molecule has 0 saturated carbocycles. The lowest BCUT2D eigenvalue weighted by Crippen LogP contribution is -2.52. The van der Waals surface area contributed by atoms with E-state index in [9.17, 15) is 18.0 Å². The van der Waals surface area contributed by atoms with Crippen molar-refractivity contribution in [1.82, 2.24) is 10.2 Å². The number of rotatable bonds is 14. The minimum atomic E-state index is -3.88. The maximum absolute atomic E-state index is 13.7. The minimum Gasteiger partial charge on any atom is -0.497 e. The van der Waals surface area contributed by atoms with Crippen LogP contribution in [0.2, 0.25) is 0 Å². The highest BCUT2D eigenvalue weighted by molar-refractivity contribution is 7.92. The molecule has 0 spiro atoms. The Bertz CT molecular complexity index is 1110. The highest BCUT2D eigenvalue weighted by Gasteiger charge is 2.32. The number of amides is 2. The maximum Gasteiger partial charge on any atom is 0.244 e. The molecule has 198 valence electrons. The van der Waals surface area contributed by atoms with Gasteiger partial charge in [-0.15, -0.1) is 0 Å². The van der Waals surface area contributed by atoms with Crippen LogP contribution in [0.3, 0.4) is 0 Å². The first-order valence-corrected chi connectivity index (χ1v) is 13.8. The van der Waals surface area contributed by atoms with E-state index in [0.717, 1.165) is 29.0 Å². The lowest BCUT2D eigenvalue weighted by molar-refractivity contribution is -0.140. The van der Waals surface area contributed by atoms with Gasteiger partial charge in [0.1, 0.15) is 24.1 Å². The van der Waals surface area contributed by atoms with E-state index in [2.05, 4.69) is 5.32 Å². The zero-order valence-corrected chi connectivity index (χ0v) is 22.5. The van der Waals surface area contributed by atoms with Gasteiger partial charge in [-0.05, 0) is 30.5 Å². The second kappa shape index (κ2) is 13.7. The van der Waals surface area contributed by atoms with Crippen molar-refractivity contribution in [1.29, 1.82) is 0 Å². The highest BCUT2D eigenvalue weighted by atomic mass is 32.2. The molecule has 1 atom stereocenters. The quantitative estimate of drug-likeness (QED) is 0.385. The summed E-state index contributed by atoms with van der Waals surface area (Å²) in [6, 6.07) is 13.2. The number of nitrogens with one attached hydrogen (secondary N) is 1. The lowest BCUT2D eigenvalue weighted by atomic mass is 10.1. The predicted molar refractivity (Wildman–Crippen MR) is 141 cm³/mol. The van der Waals surface area contributed by atoms with Gasteiger partial charge < -0.3 is 19.7 Å². The van der Waals surface area contributed by atoms with Gasteiger partial charge in [-0.3, -0.25) is 13.9 Å². The minimum absolute atomic E-state index is 0.163. The normalized spacial score (nSPS) is 11.9. The van der Waals surface area contributed by atoms with Gasteiger partial charge >= 0.3 is 0 Å². The molecule has 2 rings (SSSR count). The molecule has 0 saturated heterocycles. The van der Waals surface area contributed by atoms with Gasteiger partial charge in [0.2, 0.25) is 21.8 Å². The van der Waals surface area contributed by atoms with Crippen molar-refractivity contribution in [2.75, 3.05) is 37.9 Å². The molecule has 36 heavy (non-hydrogen) atoms. The van der Waals surface area contributed by atoms with E-state index in [-0.39, 0.29) is 23.9 Å². The third-order valence-corrected chi connectivity index (χ3v) is 6.87. The van der Waals surface area contributed by atoms with Crippen molar-refractivity contribution in [2.24, 2.45) is 0 Å². The van der Waals surface area contributed by atoms with Crippen LogP contribution in [0.4, 0.5) is 5.69 Å². The molecular formula is C26H37N3O6S. The van der Waals surface area contributed by atoms with Crippen molar-refractivity contribution in [2.45, 2.75) is 45.7 Å². The van der Waals surface area contributed by atoms with Gasteiger partial charge in [0.05, 0.1) is 26.2 Å². The zero-order chi connectivity index (χ0) is 26.7. The van der Waals surface area contributed by atoms with Crippen LogP contribution in [0.1, 0.15) is 38.7 Å². The van der Waals surface area contributed by atoms with Gasteiger partial charge in [-0.25, -0.2) is 8.42 Å². The zero-order valence-electron chi connectivity index (χ0n) is 21.7. The summed E-state index contributed by atoms with van der Waals surface area (Å²) >= 11 is 0. The van der Waals surface area contributed by atoms with Crippen molar-refractivity contribution in [3.63, 3.8) is 0 Å². The molecule has 0 aliphatic heterocycles. The Balaban J connectivity index is 2.44. The summed E-state index contributed by atoms with van der Waals surface area (Å²) < 4.78 is 37.2. The molecule has 0 aliphatic carbocycles. The third-order valence-electron chi connectivity index (χ3n) is 5.75. The number of unbranched alkanes of at least 4 members (excludes halogenated alkanes) is 1. The monoisotopic (exact) mass is 519 g/mol. The second-order valence-corrected chi connectivity index (χ2v) is 10.3. The van der Waals surface area contributed by atoms with Gasteiger partial charge in [-0.2, -0.15) is 0 Å². The molecule has 0 fully saturated rings. The van der Waals surface area contributed by atoms with E-state index in [1.807, 2.05) is 44.2 Å². The van der Waals surface area contributed by atoms with Crippen molar-refractivity contribution < 1.29 is 27.5 Å². The predicted octanol–water partition coefficient (Wildman–Crippen LogP) is 3.19. The van der Waals surface area contributed by atoms with Crippen LogP contribution in [-0.4, -0.2) is 64.7 Å². The topological polar surface area (TPSA) is 105 Å². The van der Waals surface area contributed by atoms with Crippen LogP contribution >= 0.6 is 0 Å². The van der Waals surface area contributed by atoms with Crippen molar-refractivity contribution >= 4 is 27.5 Å². The van der Waals surface area contributed by atoms with Gasteiger partial charge in [0.15, 0.2) is 0 Å². The van der Waals surface area contributed by atoms with E-state index in [4.69, 9.17) is 9.47 Å². The first-order chi connectivity index (χ1) is 17.2. The standard InChI is InChI=1S/C26H37N3O6S/c1-6-8-16-27-26(31)22(7-2)28(18-20-12-10-9-11-13-20)25(30)19-29(36(5,32)33)23-15-14-21(34-3)17-24(23)35-4/h9-15,17,22H,6-8,16,18-19H2,1-5H3,(H,27,31)/t22-/m0/s1. The van der Waals surface area contributed by atoms with Crippen LogP contribution in [0, 0.1) is 0 Å². The Hall–Kier alpha value is -3.27. The van der Waals surface area contributed by atoms with E-state index < -0.39 is 28.5 Å². The first-order valence-electron chi connectivity index (χ1n) is 12.0. The summed E-state index contributed by atoms with van der Waals surface area (Å²) in [5.74, 6) is -0.0368. The highest BCUT2D eigenvalue weighted by Crippen LogP contribution is 2.33. The number of anilines is 1. The number of methoxy groups -OCH3 is 2. The van der Waals surface area contributed by atoms with Crippen LogP contribution in [-0.2, 0) is 26.2 Å². The van der Waals surface area contributed by atoms with Gasteiger partial charge in [-0.1, -0.05) is 50.6 Å². The van der Waals surface area contributed by atoms with E-state index >= 15 is 0 Å². The summed E-state index contributed by atoms with van der Waals surface area (Å²) in [5, 5.41) is 2.90. The van der Waals surface area contributed by atoms with Crippen LogP contribution in [0.5, 0.6) is 11.5 Å². The lowest BCUT2D eigenvalue weighted by Gasteiger charge is -2.33. The number of ether oxygens (including phenoxy) is 2. The average molecular weight is 520 g/mol. The first kappa shape index (κ1) is 29.0. The van der Waals surface area contributed by atoms with E-state index in [1.165, 1.54) is 25.2 Å². The van der Waals surface area contributed by atoms with Gasteiger partial charge in [0, 0.05) is 19.2 Å². The molecule has 2 amide bonds. The number of benzene rings is 2. The summed E-state index contributed by atoms with van der Waals surface area (Å²) in [6.45, 7) is 4.04. The molecule has 0 radical (unpaired) electrons. The number of sulfonamides is 1. The molecule has 2 aromatic carbocycles. The number of hydrogen-bond acceptors (Lipinski definition) is 6. The molecule has 0 aliphatic rings. The van der Waals surface area contributed by atoms with Crippen LogP contribution in [0.15, 0.2) is 48.5 Å².